The first-order valence-electron chi connectivity index (χ1n) is 3.19. The first-order valence-corrected chi connectivity index (χ1v) is 4.75. The molecule has 56 valence electrons. The largest absolute Gasteiger partial charge is 0.346 e. The van der Waals surface area contributed by atoms with E-state index in [-0.39, 0.29) is 0 Å². The maximum Gasteiger partial charge on any atom is 0.189 e. The lowest BCUT2D eigenvalue weighted by molar-refractivity contribution is 0.499. The van der Waals surface area contributed by atoms with E-state index in [1.165, 1.54) is 0 Å². The Balaban J connectivity index is 2.83. The minimum Gasteiger partial charge on any atom is -0.346 e. The molecule has 0 saturated carbocycles. The predicted molar refractivity (Wildman–Crippen MR) is 39.0 cm³/mol. The van der Waals surface area contributed by atoms with Gasteiger partial charge in [-0.1, -0.05) is 6.42 Å². The molecular formula is C5H14NO2P. The summed E-state index contributed by atoms with van der Waals surface area (Å²) < 4.78 is 10.1. The van der Waals surface area contributed by atoms with Crippen LogP contribution in [0.25, 0.3) is 0 Å². The fourth-order valence-corrected chi connectivity index (χ4v) is 1.15. The normalized spacial score (nSPS) is 13.6. The van der Waals surface area contributed by atoms with Gasteiger partial charge in [-0.25, -0.2) is 0 Å². The molecule has 9 heavy (non-hydrogen) atoms. The van der Waals surface area contributed by atoms with E-state index in [9.17, 15) is 4.57 Å². The maximum absolute atomic E-state index is 10.1. The summed E-state index contributed by atoms with van der Waals surface area (Å²) in [5, 5.41) is 0. The van der Waals surface area contributed by atoms with Crippen LogP contribution in [0.2, 0.25) is 0 Å². The molecular weight excluding hydrogens is 137 g/mol. The first-order chi connectivity index (χ1) is 4.27. The maximum atomic E-state index is 10.1. The molecule has 1 atom stereocenters. The van der Waals surface area contributed by atoms with Crippen molar-refractivity contribution in [1.29, 1.82) is 0 Å². The summed E-state index contributed by atoms with van der Waals surface area (Å²) in [5.74, 6) is 0. The monoisotopic (exact) mass is 151 g/mol. The Bertz CT molecular complexity index is 87.0. The summed E-state index contributed by atoms with van der Waals surface area (Å²) in [5.41, 5.74) is 5.21. The van der Waals surface area contributed by atoms with Gasteiger partial charge in [0.1, 0.15) is 0 Å². The van der Waals surface area contributed by atoms with Gasteiger partial charge in [0.25, 0.3) is 0 Å². The van der Waals surface area contributed by atoms with Gasteiger partial charge in [-0.05, 0) is 19.4 Å². The van der Waals surface area contributed by atoms with E-state index in [0.717, 1.165) is 19.3 Å². The fourth-order valence-electron chi connectivity index (χ4n) is 0.597. The molecule has 0 aromatic carbocycles. The third kappa shape index (κ3) is 8.15. The molecule has 0 aromatic rings. The number of unbranched alkanes of at least 4 members (excludes halogenated alkanes) is 2. The Morgan fingerprint density at radius 3 is 2.44 bits per heavy atom. The third-order valence-electron chi connectivity index (χ3n) is 1.09. The van der Waals surface area contributed by atoms with Crippen LogP contribution in [0.15, 0.2) is 0 Å². The summed E-state index contributed by atoms with van der Waals surface area (Å²) >= 11 is 0. The van der Waals surface area contributed by atoms with E-state index < -0.39 is 8.03 Å². The third-order valence-corrected chi connectivity index (χ3v) is 1.88. The highest BCUT2D eigenvalue weighted by atomic mass is 31.1. The van der Waals surface area contributed by atoms with Crippen molar-refractivity contribution >= 4 is 8.03 Å². The summed E-state index contributed by atoms with van der Waals surface area (Å²) in [4.78, 5) is 8.37. The van der Waals surface area contributed by atoms with Crippen LogP contribution in [0.5, 0.6) is 0 Å². The highest BCUT2D eigenvalue weighted by Crippen LogP contribution is 2.15. The first kappa shape index (κ1) is 9.15. The molecule has 4 heteroatoms. The quantitative estimate of drug-likeness (QED) is 0.446. The molecule has 0 spiro atoms. The highest BCUT2D eigenvalue weighted by molar-refractivity contribution is 7.37. The van der Waals surface area contributed by atoms with E-state index in [4.69, 9.17) is 10.6 Å². The van der Waals surface area contributed by atoms with E-state index in [2.05, 4.69) is 0 Å². The van der Waals surface area contributed by atoms with Crippen LogP contribution >= 0.6 is 8.03 Å². The van der Waals surface area contributed by atoms with Gasteiger partial charge >= 0.3 is 0 Å². The molecule has 1 unspecified atom stereocenters. The van der Waals surface area contributed by atoms with Crippen LogP contribution in [0.1, 0.15) is 19.3 Å². The van der Waals surface area contributed by atoms with Crippen LogP contribution < -0.4 is 5.73 Å². The lowest BCUT2D eigenvalue weighted by Gasteiger charge is -1.94. The van der Waals surface area contributed by atoms with Gasteiger partial charge < -0.3 is 10.6 Å². The topological polar surface area (TPSA) is 63.3 Å². The molecule has 0 aromatic heterocycles. The fraction of sp³-hybridized carbons (Fsp3) is 1.00. The number of rotatable bonds is 5. The smallest absolute Gasteiger partial charge is 0.189 e. The van der Waals surface area contributed by atoms with E-state index in [1.54, 1.807) is 0 Å². The second-order valence-corrected chi connectivity index (χ2v) is 3.28. The van der Waals surface area contributed by atoms with Gasteiger partial charge in [0, 0.05) is 6.16 Å². The van der Waals surface area contributed by atoms with Crippen LogP contribution in [0, 0.1) is 0 Å². The molecule has 3 N–H and O–H groups in total. The molecule has 0 saturated heterocycles. The standard InChI is InChI=1S/C5H14NO2P/c6-4-2-1-3-5-9(7)8/h9H,1-6H2,(H,7,8). The van der Waals surface area contributed by atoms with Gasteiger partial charge in [-0.2, -0.15) is 0 Å². The van der Waals surface area contributed by atoms with Crippen molar-refractivity contribution in [3.63, 3.8) is 0 Å². The summed E-state index contributed by atoms with van der Waals surface area (Å²) in [7, 11) is -2.21. The van der Waals surface area contributed by atoms with E-state index in [0.29, 0.717) is 12.7 Å². The molecule has 0 fully saturated rings. The average Bonchev–Trinajstić information content (AvgIpc) is 1.80. The van der Waals surface area contributed by atoms with E-state index >= 15 is 0 Å². The number of hydrogen-bond donors (Lipinski definition) is 2. The van der Waals surface area contributed by atoms with Crippen molar-refractivity contribution < 1.29 is 9.46 Å². The Morgan fingerprint density at radius 2 is 2.00 bits per heavy atom. The van der Waals surface area contributed by atoms with Crippen molar-refractivity contribution in [3.8, 4) is 0 Å². The van der Waals surface area contributed by atoms with Crippen molar-refractivity contribution in [2.45, 2.75) is 19.3 Å². The number of nitrogens with two attached hydrogens (primary N) is 1. The lowest BCUT2D eigenvalue weighted by atomic mass is 10.2. The van der Waals surface area contributed by atoms with Crippen LogP contribution in [-0.4, -0.2) is 17.6 Å². The molecule has 0 aliphatic heterocycles. The summed E-state index contributed by atoms with van der Waals surface area (Å²) in [6.45, 7) is 0.687. The van der Waals surface area contributed by atoms with E-state index in [1.807, 2.05) is 0 Å². The zero-order chi connectivity index (χ0) is 7.11. The zero-order valence-electron chi connectivity index (χ0n) is 5.47. The second-order valence-electron chi connectivity index (χ2n) is 1.99. The Hall–Kier alpha value is 0.150. The van der Waals surface area contributed by atoms with Gasteiger partial charge in [-0.15, -0.1) is 0 Å². The molecule has 0 amide bonds. The van der Waals surface area contributed by atoms with Crippen molar-refractivity contribution in [3.05, 3.63) is 0 Å². The van der Waals surface area contributed by atoms with Crippen LogP contribution in [0.3, 0.4) is 0 Å². The Labute approximate surface area is 56.1 Å². The molecule has 0 aliphatic carbocycles. The molecule has 0 bridgehead atoms. The van der Waals surface area contributed by atoms with Crippen molar-refractivity contribution in [2.75, 3.05) is 12.7 Å². The SMILES string of the molecule is NCCCCC[PH](=O)O. The van der Waals surface area contributed by atoms with Crippen LogP contribution in [-0.2, 0) is 4.57 Å². The molecule has 3 nitrogen and oxygen atoms in total. The predicted octanol–water partition coefficient (Wildman–Crippen LogP) is 0.582. The molecule has 0 heterocycles. The van der Waals surface area contributed by atoms with Gasteiger partial charge in [0.2, 0.25) is 0 Å². The lowest BCUT2D eigenvalue weighted by Crippen LogP contribution is -1.97. The minimum atomic E-state index is -2.21. The average molecular weight is 151 g/mol. The Kier molecular flexibility index (Phi) is 6.38. The van der Waals surface area contributed by atoms with Crippen molar-refractivity contribution in [1.82, 2.24) is 0 Å². The Morgan fingerprint density at radius 1 is 1.33 bits per heavy atom. The molecule has 0 rings (SSSR count). The highest BCUT2D eigenvalue weighted by Gasteiger charge is 1.91. The molecule has 0 radical (unpaired) electrons. The minimum absolute atomic E-state index is 0.463. The second kappa shape index (κ2) is 6.27. The number of hydrogen-bond acceptors (Lipinski definition) is 2. The van der Waals surface area contributed by atoms with Gasteiger partial charge in [0.15, 0.2) is 8.03 Å². The molecule has 0 aliphatic rings. The van der Waals surface area contributed by atoms with Crippen LogP contribution in [0.4, 0.5) is 0 Å². The van der Waals surface area contributed by atoms with Crippen molar-refractivity contribution in [2.24, 2.45) is 5.73 Å². The van der Waals surface area contributed by atoms with Gasteiger partial charge in [0.05, 0.1) is 0 Å². The zero-order valence-corrected chi connectivity index (χ0v) is 6.47. The summed E-state index contributed by atoms with van der Waals surface area (Å²) in [6.07, 6.45) is 3.25. The summed E-state index contributed by atoms with van der Waals surface area (Å²) in [6, 6.07) is 0. The van der Waals surface area contributed by atoms with Gasteiger partial charge in [-0.3, -0.25) is 4.57 Å².